The number of urea groups is 1. The number of benzene rings is 2. The second kappa shape index (κ2) is 11.0. The van der Waals surface area contributed by atoms with E-state index in [0.717, 1.165) is 24.0 Å². The lowest BCUT2D eigenvalue weighted by Gasteiger charge is -2.21. The number of amides is 2. The molecule has 0 bridgehead atoms. The fourth-order valence-corrected chi connectivity index (χ4v) is 2.99. The first kappa shape index (κ1) is 21.3. The summed E-state index contributed by atoms with van der Waals surface area (Å²) in [7, 11) is 0. The van der Waals surface area contributed by atoms with E-state index in [1.165, 1.54) is 0 Å². The molecule has 2 atom stereocenters. The van der Waals surface area contributed by atoms with E-state index in [4.69, 9.17) is 5.11 Å². The average Bonchev–Trinajstić information content (AvgIpc) is 2.66. The zero-order valence-electron chi connectivity index (χ0n) is 16.1. The number of rotatable bonds is 10. The van der Waals surface area contributed by atoms with E-state index in [9.17, 15) is 14.7 Å². The Balaban J connectivity index is 1.83. The van der Waals surface area contributed by atoms with Crippen molar-refractivity contribution in [3.63, 3.8) is 0 Å². The highest BCUT2D eigenvalue weighted by molar-refractivity contribution is 5.74. The molecule has 0 spiro atoms. The number of hydrogen-bond donors (Lipinski definition) is 4. The number of aliphatic carboxylic acids is 1. The number of aryl methyl sites for hydroxylation is 1. The lowest BCUT2D eigenvalue weighted by Crippen LogP contribution is -2.46. The van der Waals surface area contributed by atoms with Gasteiger partial charge in [0.05, 0.1) is 0 Å². The lowest BCUT2D eigenvalue weighted by molar-refractivity contribution is -0.137. The Morgan fingerprint density at radius 3 is 2.25 bits per heavy atom. The molecule has 0 saturated carbocycles. The van der Waals surface area contributed by atoms with Gasteiger partial charge >= 0.3 is 12.0 Å². The number of aromatic hydroxyl groups is 1. The molecule has 6 nitrogen and oxygen atoms in total. The van der Waals surface area contributed by atoms with Crippen LogP contribution in [0.1, 0.15) is 37.3 Å². The quantitative estimate of drug-likeness (QED) is 0.504. The van der Waals surface area contributed by atoms with Crippen LogP contribution in [0, 0.1) is 0 Å². The Morgan fingerprint density at radius 2 is 1.61 bits per heavy atom. The fraction of sp³-hybridized carbons (Fsp3) is 0.364. The number of carbonyl (C=O) groups excluding carboxylic acids is 1. The molecule has 2 amide bonds. The third-order valence-corrected chi connectivity index (χ3v) is 4.55. The minimum atomic E-state index is -0.873. The highest BCUT2D eigenvalue weighted by Gasteiger charge is 2.16. The van der Waals surface area contributed by atoms with Crippen LogP contribution in [0.15, 0.2) is 54.6 Å². The van der Waals surface area contributed by atoms with E-state index in [1.807, 2.05) is 49.4 Å². The molecule has 4 N–H and O–H groups in total. The third kappa shape index (κ3) is 8.12. The molecule has 2 aromatic carbocycles. The van der Waals surface area contributed by atoms with Crippen LogP contribution < -0.4 is 10.6 Å². The number of nitrogens with one attached hydrogen (secondary N) is 2. The molecule has 6 heteroatoms. The van der Waals surface area contributed by atoms with Crippen molar-refractivity contribution < 1.29 is 19.8 Å². The van der Waals surface area contributed by atoms with Gasteiger partial charge in [0.1, 0.15) is 5.75 Å². The van der Waals surface area contributed by atoms with Crippen LogP contribution in [0.25, 0.3) is 0 Å². The smallest absolute Gasteiger partial charge is 0.315 e. The topological polar surface area (TPSA) is 98.7 Å². The first-order valence-electron chi connectivity index (χ1n) is 9.53. The van der Waals surface area contributed by atoms with Crippen molar-refractivity contribution >= 4 is 12.0 Å². The predicted molar refractivity (Wildman–Crippen MR) is 108 cm³/mol. The summed E-state index contributed by atoms with van der Waals surface area (Å²) in [5.74, 6) is -0.636. The van der Waals surface area contributed by atoms with E-state index >= 15 is 0 Å². The SMILES string of the molecule is CC(CCc1ccc(O)cc1)NC(=O)NC(CCC(=O)O)Cc1ccccc1. The van der Waals surface area contributed by atoms with E-state index in [-0.39, 0.29) is 30.3 Å². The molecule has 0 aromatic heterocycles. The van der Waals surface area contributed by atoms with Crippen LogP contribution in [-0.4, -0.2) is 34.3 Å². The maximum absolute atomic E-state index is 12.4. The van der Waals surface area contributed by atoms with Crippen LogP contribution in [-0.2, 0) is 17.6 Å². The second-order valence-corrected chi connectivity index (χ2v) is 7.04. The first-order valence-corrected chi connectivity index (χ1v) is 9.53. The van der Waals surface area contributed by atoms with Gasteiger partial charge in [0, 0.05) is 18.5 Å². The van der Waals surface area contributed by atoms with Crippen molar-refractivity contribution in [2.45, 2.75) is 51.1 Å². The van der Waals surface area contributed by atoms with Crippen LogP contribution in [0.3, 0.4) is 0 Å². The molecule has 0 radical (unpaired) electrons. The van der Waals surface area contributed by atoms with Crippen molar-refractivity contribution in [3.8, 4) is 5.75 Å². The number of carbonyl (C=O) groups is 2. The lowest BCUT2D eigenvalue weighted by atomic mass is 10.0. The molecule has 0 heterocycles. The predicted octanol–water partition coefficient (Wildman–Crippen LogP) is 3.49. The Bertz CT molecular complexity index is 747. The Hall–Kier alpha value is -3.02. The van der Waals surface area contributed by atoms with Crippen molar-refractivity contribution in [1.82, 2.24) is 10.6 Å². The third-order valence-electron chi connectivity index (χ3n) is 4.55. The summed E-state index contributed by atoms with van der Waals surface area (Å²) in [6.45, 7) is 1.93. The monoisotopic (exact) mass is 384 g/mol. The maximum Gasteiger partial charge on any atom is 0.315 e. The minimum Gasteiger partial charge on any atom is -0.508 e. The molecule has 0 aliphatic heterocycles. The van der Waals surface area contributed by atoms with Crippen LogP contribution in [0.4, 0.5) is 4.79 Å². The average molecular weight is 384 g/mol. The molecule has 28 heavy (non-hydrogen) atoms. The Morgan fingerprint density at radius 1 is 0.929 bits per heavy atom. The number of carboxylic acid groups (broad SMARTS) is 1. The molecule has 2 unspecified atom stereocenters. The number of hydrogen-bond acceptors (Lipinski definition) is 3. The summed E-state index contributed by atoms with van der Waals surface area (Å²) in [6.07, 6.45) is 2.52. The van der Waals surface area contributed by atoms with E-state index in [1.54, 1.807) is 12.1 Å². The van der Waals surface area contributed by atoms with Crippen LogP contribution in [0.2, 0.25) is 0 Å². The standard InChI is InChI=1S/C22H28N2O4/c1-16(7-8-17-9-12-20(25)13-10-17)23-22(28)24-19(11-14-21(26)27)15-18-5-3-2-4-6-18/h2-6,9-10,12-13,16,19,25H,7-8,11,14-15H2,1H3,(H,26,27)(H2,23,24,28). The zero-order valence-corrected chi connectivity index (χ0v) is 16.1. The summed E-state index contributed by atoms with van der Waals surface area (Å²) < 4.78 is 0. The summed E-state index contributed by atoms with van der Waals surface area (Å²) in [4.78, 5) is 23.3. The molecular weight excluding hydrogens is 356 g/mol. The van der Waals surface area contributed by atoms with E-state index < -0.39 is 5.97 Å². The molecule has 150 valence electrons. The van der Waals surface area contributed by atoms with Crippen molar-refractivity contribution in [1.29, 1.82) is 0 Å². The van der Waals surface area contributed by atoms with Gasteiger partial charge in [-0.3, -0.25) is 4.79 Å². The van der Waals surface area contributed by atoms with Gasteiger partial charge in [-0.15, -0.1) is 0 Å². The van der Waals surface area contributed by atoms with Gasteiger partial charge in [-0.1, -0.05) is 42.5 Å². The van der Waals surface area contributed by atoms with Crippen molar-refractivity contribution in [2.24, 2.45) is 0 Å². The Kier molecular flexibility index (Phi) is 8.34. The number of carboxylic acids is 1. The Labute approximate surface area is 165 Å². The first-order chi connectivity index (χ1) is 13.4. The van der Waals surface area contributed by atoms with Gasteiger partial charge < -0.3 is 20.8 Å². The molecule has 0 fully saturated rings. The van der Waals surface area contributed by atoms with E-state index in [0.29, 0.717) is 12.8 Å². The zero-order chi connectivity index (χ0) is 20.4. The van der Waals surface area contributed by atoms with Crippen LogP contribution >= 0.6 is 0 Å². The maximum atomic E-state index is 12.4. The fourth-order valence-electron chi connectivity index (χ4n) is 2.99. The number of phenolic OH excluding ortho intramolecular Hbond substituents is 1. The van der Waals surface area contributed by atoms with Gasteiger partial charge in [-0.05, 0) is 55.9 Å². The minimum absolute atomic E-state index is 0.00812. The number of phenols is 1. The van der Waals surface area contributed by atoms with Gasteiger partial charge in [0.15, 0.2) is 0 Å². The molecule has 0 aliphatic rings. The molecular formula is C22H28N2O4. The molecule has 2 aromatic rings. The molecule has 0 aliphatic carbocycles. The van der Waals surface area contributed by atoms with Gasteiger partial charge in [-0.2, -0.15) is 0 Å². The summed E-state index contributed by atoms with van der Waals surface area (Å²) in [5, 5.41) is 24.1. The molecule has 2 rings (SSSR count). The largest absolute Gasteiger partial charge is 0.508 e. The highest BCUT2D eigenvalue weighted by Crippen LogP contribution is 2.12. The summed E-state index contributed by atoms with van der Waals surface area (Å²) in [6, 6.07) is 16.2. The van der Waals surface area contributed by atoms with Gasteiger partial charge in [0.25, 0.3) is 0 Å². The van der Waals surface area contributed by atoms with Gasteiger partial charge in [0.2, 0.25) is 0 Å². The highest BCUT2D eigenvalue weighted by atomic mass is 16.4. The summed E-state index contributed by atoms with van der Waals surface area (Å²) >= 11 is 0. The van der Waals surface area contributed by atoms with Gasteiger partial charge in [-0.25, -0.2) is 4.79 Å². The van der Waals surface area contributed by atoms with Crippen LogP contribution in [0.5, 0.6) is 5.75 Å². The van der Waals surface area contributed by atoms with Crippen molar-refractivity contribution in [3.05, 3.63) is 65.7 Å². The second-order valence-electron chi connectivity index (χ2n) is 7.04. The summed E-state index contributed by atoms with van der Waals surface area (Å²) in [5.41, 5.74) is 2.15. The normalized spacial score (nSPS) is 12.8. The van der Waals surface area contributed by atoms with Crippen molar-refractivity contribution in [2.75, 3.05) is 0 Å². The molecule has 0 saturated heterocycles. The van der Waals surface area contributed by atoms with E-state index in [2.05, 4.69) is 10.6 Å².